The third kappa shape index (κ3) is 4.45. The smallest absolute Gasteiger partial charge is 0.339 e. The monoisotopic (exact) mass is 440 g/mol. The van der Waals surface area contributed by atoms with Crippen molar-refractivity contribution >= 4 is 31.8 Å². The second-order valence-corrected chi connectivity index (χ2v) is 8.26. The number of benzene rings is 2. The van der Waals surface area contributed by atoms with E-state index in [0.29, 0.717) is 11.3 Å². The Morgan fingerprint density at radius 1 is 1.12 bits per heavy atom. The number of methoxy groups -OCH3 is 1. The Bertz CT molecular complexity index is 902. The van der Waals surface area contributed by atoms with Crippen LogP contribution in [0.4, 0.5) is 0 Å². The molecule has 0 bridgehead atoms. The van der Waals surface area contributed by atoms with Crippen LogP contribution in [0.25, 0.3) is 0 Å². The molecule has 0 atom stereocenters. The minimum Gasteiger partial charge on any atom is -0.496 e. The van der Waals surface area contributed by atoms with Gasteiger partial charge in [-0.1, -0.05) is 47.5 Å². The zero-order chi connectivity index (χ0) is 19.5. The van der Waals surface area contributed by atoms with Crippen LogP contribution < -0.4 is 8.92 Å². The number of ether oxygens (including phenoxy) is 1. The number of carbonyl (C=O) groups is 1. The summed E-state index contributed by atoms with van der Waals surface area (Å²) in [6.07, 6.45) is 0. The number of hydrogen-bond acceptors (Lipinski definition) is 5. The van der Waals surface area contributed by atoms with Gasteiger partial charge in [0.2, 0.25) is 0 Å². The highest BCUT2D eigenvalue weighted by atomic mass is 79.9. The van der Waals surface area contributed by atoms with Crippen molar-refractivity contribution in [1.29, 1.82) is 0 Å². The fourth-order valence-corrected chi connectivity index (χ4v) is 3.68. The summed E-state index contributed by atoms with van der Waals surface area (Å²) >= 11 is 3.13. The molecule has 26 heavy (non-hydrogen) atoms. The topological polar surface area (TPSA) is 69.7 Å². The third-order valence-corrected chi connectivity index (χ3v) is 5.64. The second-order valence-electron chi connectivity index (χ2n) is 6.15. The van der Waals surface area contributed by atoms with Crippen molar-refractivity contribution in [2.75, 3.05) is 12.4 Å². The third-order valence-electron chi connectivity index (χ3n) is 3.88. The van der Waals surface area contributed by atoms with Crippen molar-refractivity contribution in [2.45, 2.75) is 31.6 Å². The average Bonchev–Trinajstić information content (AvgIpc) is 2.60. The normalized spacial score (nSPS) is 11.5. The highest BCUT2D eigenvalue weighted by molar-refractivity contribution is 9.09. The quantitative estimate of drug-likeness (QED) is 0.360. The van der Waals surface area contributed by atoms with Gasteiger partial charge in [0, 0.05) is 5.56 Å². The minimum absolute atomic E-state index is 0.0276. The predicted octanol–water partition coefficient (Wildman–Crippen LogP) is 4.47. The molecule has 2 aromatic rings. The molecule has 0 aliphatic carbocycles. The van der Waals surface area contributed by atoms with Gasteiger partial charge >= 0.3 is 10.1 Å². The molecule has 7 heteroatoms. The van der Waals surface area contributed by atoms with E-state index in [4.69, 9.17) is 8.92 Å². The van der Waals surface area contributed by atoms with Crippen LogP contribution in [0.1, 0.15) is 41.3 Å². The lowest BCUT2D eigenvalue weighted by atomic mass is 9.98. The molecule has 0 saturated heterocycles. The Labute approximate surface area is 162 Å². The maximum absolute atomic E-state index is 12.6. The predicted molar refractivity (Wildman–Crippen MR) is 104 cm³/mol. The first-order valence-corrected chi connectivity index (χ1v) is 10.5. The molecular weight excluding hydrogens is 420 g/mol. The van der Waals surface area contributed by atoms with E-state index in [9.17, 15) is 13.2 Å². The summed E-state index contributed by atoms with van der Waals surface area (Å²) in [7, 11) is -2.55. The van der Waals surface area contributed by atoms with E-state index in [1.54, 1.807) is 18.2 Å². The molecule has 0 amide bonds. The SMILES string of the molecule is COc1cc(C(C)C)c(OS(=O)(=O)c2ccc(C)cc2)cc1C(=O)CBr. The molecule has 2 rings (SSSR count). The van der Waals surface area contributed by atoms with Gasteiger partial charge in [-0.2, -0.15) is 8.42 Å². The van der Waals surface area contributed by atoms with Crippen LogP contribution in [-0.2, 0) is 10.1 Å². The molecule has 140 valence electrons. The van der Waals surface area contributed by atoms with Gasteiger partial charge < -0.3 is 8.92 Å². The van der Waals surface area contributed by atoms with Gasteiger partial charge in [0.05, 0.1) is 18.0 Å². The molecule has 0 fully saturated rings. The van der Waals surface area contributed by atoms with Crippen LogP contribution in [-0.4, -0.2) is 26.6 Å². The van der Waals surface area contributed by atoms with Gasteiger partial charge in [-0.05, 0) is 37.1 Å². The van der Waals surface area contributed by atoms with Crippen molar-refractivity contribution < 1.29 is 22.1 Å². The maximum Gasteiger partial charge on any atom is 0.339 e. The Kier molecular flexibility index (Phi) is 6.47. The Morgan fingerprint density at radius 3 is 2.23 bits per heavy atom. The van der Waals surface area contributed by atoms with Gasteiger partial charge in [-0.3, -0.25) is 4.79 Å². The van der Waals surface area contributed by atoms with Gasteiger partial charge in [0.15, 0.2) is 5.78 Å². The maximum atomic E-state index is 12.6. The molecule has 0 unspecified atom stereocenters. The number of carbonyl (C=O) groups excluding carboxylic acids is 1. The Hall–Kier alpha value is -1.86. The number of Topliss-reactive ketones (excluding diaryl/α,β-unsaturated/α-hetero) is 1. The fraction of sp³-hybridized carbons (Fsp3) is 0.316. The van der Waals surface area contributed by atoms with Crippen LogP contribution in [0.5, 0.6) is 11.5 Å². The number of hydrogen-bond donors (Lipinski definition) is 0. The van der Waals surface area contributed by atoms with E-state index in [1.165, 1.54) is 25.3 Å². The molecular formula is C19H21BrO5S. The van der Waals surface area contributed by atoms with Gasteiger partial charge in [0.1, 0.15) is 16.4 Å². The molecule has 0 aliphatic heterocycles. The lowest BCUT2D eigenvalue weighted by Gasteiger charge is -2.17. The molecule has 5 nitrogen and oxygen atoms in total. The molecule has 0 aliphatic rings. The fourth-order valence-electron chi connectivity index (χ4n) is 2.43. The van der Waals surface area contributed by atoms with Crippen molar-refractivity contribution in [3.8, 4) is 11.5 Å². The van der Waals surface area contributed by atoms with Crippen LogP contribution >= 0.6 is 15.9 Å². The van der Waals surface area contributed by atoms with Crippen LogP contribution in [0.2, 0.25) is 0 Å². The highest BCUT2D eigenvalue weighted by Gasteiger charge is 2.23. The Morgan fingerprint density at radius 2 is 1.73 bits per heavy atom. The zero-order valence-electron chi connectivity index (χ0n) is 15.1. The highest BCUT2D eigenvalue weighted by Crippen LogP contribution is 2.35. The zero-order valence-corrected chi connectivity index (χ0v) is 17.5. The lowest BCUT2D eigenvalue weighted by molar-refractivity contribution is 0.102. The lowest BCUT2D eigenvalue weighted by Crippen LogP contribution is -2.13. The molecule has 0 saturated carbocycles. The first-order valence-electron chi connectivity index (χ1n) is 8.02. The number of halogens is 1. The first-order chi connectivity index (χ1) is 12.2. The summed E-state index contributed by atoms with van der Waals surface area (Å²) in [4.78, 5) is 12.2. The van der Waals surface area contributed by atoms with E-state index in [1.807, 2.05) is 20.8 Å². The van der Waals surface area contributed by atoms with E-state index < -0.39 is 10.1 Å². The summed E-state index contributed by atoms with van der Waals surface area (Å²) in [6, 6.07) is 9.48. The molecule has 0 heterocycles. The van der Waals surface area contributed by atoms with Crippen LogP contribution in [0.15, 0.2) is 41.3 Å². The van der Waals surface area contributed by atoms with Crippen molar-refractivity contribution in [3.05, 3.63) is 53.1 Å². The van der Waals surface area contributed by atoms with E-state index >= 15 is 0 Å². The van der Waals surface area contributed by atoms with Crippen molar-refractivity contribution in [1.82, 2.24) is 0 Å². The summed E-state index contributed by atoms with van der Waals surface area (Å²) in [5.41, 5.74) is 1.85. The molecule has 0 aromatic heterocycles. The molecule has 0 N–H and O–H groups in total. The Balaban J connectivity index is 2.56. The van der Waals surface area contributed by atoms with Crippen molar-refractivity contribution in [3.63, 3.8) is 0 Å². The largest absolute Gasteiger partial charge is 0.496 e. The number of alkyl halides is 1. The standard InChI is InChI=1S/C19H21BrO5S/c1-12(2)15-9-18(24-4)16(17(21)11-20)10-19(15)25-26(22,23)14-7-5-13(3)6-8-14/h5-10,12H,11H2,1-4H3. The van der Waals surface area contributed by atoms with Gasteiger partial charge in [-0.15, -0.1) is 0 Å². The number of rotatable bonds is 7. The second kappa shape index (κ2) is 8.22. The summed E-state index contributed by atoms with van der Waals surface area (Å²) in [6.45, 7) is 5.69. The van der Waals surface area contributed by atoms with Crippen LogP contribution in [0.3, 0.4) is 0 Å². The van der Waals surface area contributed by atoms with Crippen molar-refractivity contribution in [2.24, 2.45) is 0 Å². The van der Waals surface area contributed by atoms with E-state index in [-0.39, 0.29) is 33.2 Å². The number of ketones is 1. The summed E-state index contributed by atoms with van der Waals surface area (Å²) in [5, 5.41) is 0.0918. The van der Waals surface area contributed by atoms with Gasteiger partial charge in [-0.25, -0.2) is 0 Å². The summed E-state index contributed by atoms with van der Waals surface area (Å²) in [5.74, 6) is 0.263. The minimum atomic E-state index is -4.02. The van der Waals surface area contributed by atoms with Crippen LogP contribution in [0, 0.1) is 6.92 Å². The molecule has 0 radical (unpaired) electrons. The first kappa shape index (κ1) is 20.5. The van der Waals surface area contributed by atoms with Gasteiger partial charge in [0.25, 0.3) is 0 Å². The average molecular weight is 441 g/mol. The summed E-state index contributed by atoms with van der Waals surface area (Å²) < 4.78 is 36.0. The number of aryl methyl sites for hydroxylation is 1. The van der Waals surface area contributed by atoms with E-state index in [2.05, 4.69) is 15.9 Å². The molecule has 0 spiro atoms. The molecule has 2 aromatic carbocycles. The van der Waals surface area contributed by atoms with E-state index in [0.717, 1.165) is 5.56 Å².